The van der Waals surface area contributed by atoms with Crippen molar-refractivity contribution in [3.63, 3.8) is 0 Å². The third kappa shape index (κ3) is 3.68. The number of esters is 1. The summed E-state index contributed by atoms with van der Waals surface area (Å²) in [5, 5.41) is 0. The standard InChI is InChI=1S/C18H26N2O4/c1-10-6-8-20(9-7-10)17(22)14(5)24-18(23)16-11(2)15(13(4)21)12(3)19-16/h10,14,19H,6-9H2,1-5H3. The van der Waals surface area contributed by atoms with Gasteiger partial charge in [-0.05, 0) is 52.0 Å². The summed E-state index contributed by atoms with van der Waals surface area (Å²) < 4.78 is 5.33. The van der Waals surface area contributed by atoms with E-state index < -0.39 is 12.1 Å². The van der Waals surface area contributed by atoms with E-state index in [1.54, 1.807) is 25.7 Å². The third-order valence-electron chi connectivity index (χ3n) is 4.72. The minimum atomic E-state index is -0.838. The average molecular weight is 334 g/mol. The summed E-state index contributed by atoms with van der Waals surface area (Å²) in [6, 6.07) is 0. The van der Waals surface area contributed by atoms with Crippen LogP contribution in [0.15, 0.2) is 0 Å². The van der Waals surface area contributed by atoms with Gasteiger partial charge in [0.1, 0.15) is 5.69 Å². The first-order chi connectivity index (χ1) is 11.2. The fourth-order valence-corrected chi connectivity index (χ4v) is 3.24. The molecule has 1 fully saturated rings. The summed E-state index contributed by atoms with van der Waals surface area (Å²) >= 11 is 0. The zero-order valence-electron chi connectivity index (χ0n) is 15.1. The summed E-state index contributed by atoms with van der Waals surface area (Å²) in [5.74, 6) is -0.245. The third-order valence-corrected chi connectivity index (χ3v) is 4.72. The summed E-state index contributed by atoms with van der Waals surface area (Å²) in [5.41, 5.74) is 1.95. The number of nitrogens with zero attached hydrogens (tertiary/aromatic N) is 1. The Kier molecular flexibility index (Phi) is 5.47. The number of Topliss-reactive ketones (excluding diaryl/α,β-unsaturated/α-hetero) is 1. The van der Waals surface area contributed by atoms with Gasteiger partial charge in [-0.1, -0.05) is 6.92 Å². The molecule has 1 amide bonds. The van der Waals surface area contributed by atoms with E-state index in [0.29, 0.717) is 35.8 Å². The first-order valence-electron chi connectivity index (χ1n) is 8.42. The SMILES string of the molecule is CC(=O)c1c(C)[nH]c(C(=O)OC(C)C(=O)N2CCC(C)CC2)c1C. The van der Waals surface area contributed by atoms with Crippen LogP contribution in [0.5, 0.6) is 0 Å². The molecule has 132 valence electrons. The largest absolute Gasteiger partial charge is 0.448 e. The van der Waals surface area contributed by atoms with Crippen molar-refractivity contribution in [3.05, 3.63) is 22.5 Å². The number of hydrogen-bond acceptors (Lipinski definition) is 4. The molecular formula is C18H26N2O4. The Labute approximate surface area is 142 Å². The van der Waals surface area contributed by atoms with Crippen molar-refractivity contribution in [1.29, 1.82) is 0 Å². The van der Waals surface area contributed by atoms with E-state index >= 15 is 0 Å². The van der Waals surface area contributed by atoms with Crippen molar-refractivity contribution in [2.45, 2.75) is 53.6 Å². The number of carbonyl (C=O) groups excluding carboxylic acids is 3. The molecule has 1 aliphatic rings. The normalized spacial score (nSPS) is 16.8. The van der Waals surface area contributed by atoms with E-state index in [0.717, 1.165) is 12.8 Å². The van der Waals surface area contributed by atoms with Gasteiger partial charge in [-0.25, -0.2) is 4.79 Å². The van der Waals surface area contributed by atoms with Crippen LogP contribution < -0.4 is 0 Å². The molecule has 24 heavy (non-hydrogen) atoms. The Hall–Kier alpha value is -2.11. The summed E-state index contributed by atoms with van der Waals surface area (Å²) in [6.45, 7) is 10.1. The molecule has 1 aromatic heterocycles. The number of rotatable bonds is 4. The molecule has 2 rings (SSSR count). The first kappa shape index (κ1) is 18.2. The lowest BCUT2D eigenvalue weighted by Crippen LogP contribution is -2.44. The number of aromatic amines is 1. The quantitative estimate of drug-likeness (QED) is 0.678. The predicted molar refractivity (Wildman–Crippen MR) is 90.1 cm³/mol. The highest BCUT2D eigenvalue weighted by molar-refractivity contribution is 6.01. The lowest BCUT2D eigenvalue weighted by molar-refractivity contribution is -0.141. The van der Waals surface area contributed by atoms with E-state index in [2.05, 4.69) is 11.9 Å². The first-order valence-corrected chi connectivity index (χ1v) is 8.42. The molecule has 0 aliphatic carbocycles. The lowest BCUT2D eigenvalue weighted by Gasteiger charge is -2.31. The highest BCUT2D eigenvalue weighted by Crippen LogP contribution is 2.21. The fraction of sp³-hybridized carbons (Fsp3) is 0.611. The number of likely N-dealkylation sites (tertiary alicyclic amines) is 1. The second kappa shape index (κ2) is 7.20. The van der Waals surface area contributed by atoms with Gasteiger partial charge < -0.3 is 14.6 Å². The molecule has 1 aliphatic heterocycles. The van der Waals surface area contributed by atoms with E-state index in [1.807, 2.05) is 0 Å². The number of piperidine rings is 1. The molecule has 0 saturated carbocycles. The van der Waals surface area contributed by atoms with Crippen LogP contribution in [0.2, 0.25) is 0 Å². The van der Waals surface area contributed by atoms with E-state index in [1.165, 1.54) is 6.92 Å². The van der Waals surface area contributed by atoms with Crippen LogP contribution in [0.25, 0.3) is 0 Å². The summed E-state index contributed by atoms with van der Waals surface area (Å²) in [6.07, 6.45) is 1.11. The van der Waals surface area contributed by atoms with Crippen LogP contribution in [0.1, 0.15) is 65.7 Å². The topological polar surface area (TPSA) is 79.5 Å². The van der Waals surface area contributed by atoms with Crippen LogP contribution in [0, 0.1) is 19.8 Å². The van der Waals surface area contributed by atoms with Gasteiger partial charge in [0.05, 0.1) is 0 Å². The van der Waals surface area contributed by atoms with Crippen LogP contribution in [0.3, 0.4) is 0 Å². The fourth-order valence-electron chi connectivity index (χ4n) is 3.24. The molecule has 1 unspecified atom stereocenters. The van der Waals surface area contributed by atoms with E-state index in [4.69, 9.17) is 4.74 Å². The van der Waals surface area contributed by atoms with Crippen LogP contribution in [-0.2, 0) is 9.53 Å². The number of ether oxygens (including phenoxy) is 1. The van der Waals surface area contributed by atoms with Crippen LogP contribution >= 0.6 is 0 Å². The van der Waals surface area contributed by atoms with Crippen molar-refractivity contribution in [1.82, 2.24) is 9.88 Å². The molecule has 1 aromatic rings. The van der Waals surface area contributed by atoms with Crippen molar-refractivity contribution in [2.75, 3.05) is 13.1 Å². The average Bonchev–Trinajstić information content (AvgIpc) is 2.82. The zero-order chi connectivity index (χ0) is 18.0. The molecular weight excluding hydrogens is 308 g/mol. The highest BCUT2D eigenvalue weighted by Gasteiger charge is 2.28. The number of amides is 1. The van der Waals surface area contributed by atoms with Crippen LogP contribution in [0.4, 0.5) is 0 Å². The van der Waals surface area contributed by atoms with E-state index in [-0.39, 0.29) is 17.4 Å². The number of aryl methyl sites for hydroxylation is 1. The number of aromatic nitrogens is 1. The van der Waals surface area contributed by atoms with Gasteiger partial charge in [-0.2, -0.15) is 0 Å². The number of carbonyl (C=O) groups is 3. The second-order valence-corrected chi connectivity index (χ2v) is 6.74. The van der Waals surface area contributed by atoms with Crippen LogP contribution in [-0.4, -0.2) is 46.7 Å². The molecule has 6 heteroatoms. The van der Waals surface area contributed by atoms with Gasteiger partial charge in [0, 0.05) is 24.3 Å². The van der Waals surface area contributed by atoms with Crippen molar-refractivity contribution in [3.8, 4) is 0 Å². The summed E-state index contributed by atoms with van der Waals surface area (Å²) in [7, 11) is 0. The Morgan fingerprint density at radius 3 is 2.29 bits per heavy atom. The van der Waals surface area contributed by atoms with Gasteiger partial charge >= 0.3 is 5.97 Å². The molecule has 2 heterocycles. The number of hydrogen-bond donors (Lipinski definition) is 1. The van der Waals surface area contributed by atoms with Gasteiger partial charge in [0.2, 0.25) is 0 Å². The van der Waals surface area contributed by atoms with Gasteiger partial charge in [0.15, 0.2) is 11.9 Å². The van der Waals surface area contributed by atoms with Crippen molar-refractivity contribution < 1.29 is 19.1 Å². The van der Waals surface area contributed by atoms with Gasteiger partial charge in [-0.15, -0.1) is 0 Å². The molecule has 1 N–H and O–H groups in total. The van der Waals surface area contributed by atoms with Gasteiger partial charge in [-0.3, -0.25) is 9.59 Å². The van der Waals surface area contributed by atoms with Crippen molar-refractivity contribution >= 4 is 17.7 Å². The Morgan fingerprint density at radius 1 is 1.21 bits per heavy atom. The lowest BCUT2D eigenvalue weighted by atomic mass is 9.99. The molecule has 0 spiro atoms. The minimum absolute atomic E-state index is 0.105. The maximum atomic E-state index is 12.4. The zero-order valence-corrected chi connectivity index (χ0v) is 15.1. The Morgan fingerprint density at radius 2 is 1.79 bits per heavy atom. The number of ketones is 1. The number of nitrogens with one attached hydrogen (secondary N) is 1. The van der Waals surface area contributed by atoms with Crippen molar-refractivity contribution in [2.24, 2.45) is 5.92 Å². The summed E-state index contributed by atoms with van der Waals surface area (Å²) in [4.78, 5) is 41.1. The minimum Gasteiger partial charge on any atom is -0.448 e. The van der Waals surface area contributed by atoms with Gasteiger partial charge in [0.25, 0.3) is 5.91 Å². The molecule has 1 saturated heterocycles. The molecule has 6 nitrogen and oxygen atoms in total. The van der Waals surface area contributed by atoms with E-state index in [9.17, 15) is 14.4 Å². The smallest absolute Gasteiger partial charge is 0.355 e. The highest BCUT2D eigenvalue weighted by atomic mass is 16.5. The predicted octanol–water partition coefficient (Wildman–Crippen LogP) is 2.64. The second-order valence-electron chi connectivity index (χ2n) is 6.74. The Bertz CT molecular complexity index is 654. The maximum absolute atomic E-state index is 12.4. The maximum Gasteiger partial charge on any atom is 0.355 e. The molecule has 0 aromatic carbocycles. The Balaban J connectivity index is 2.05. The molecule has 1 atom stereocenters. The monoisotopic (exact) mass is 334 g/mol. The number of H-pyrrole nitrogens is 1. The molecule has 0 radical (unpaired) electrons. The molecule has 0 bridgehead atoms.